The van der Waals surface area contributed by atoms with Crippen LogP contribution in [0, 0.1) is 15.9 Å². The van der Waals surface area contributed by atoms with Crippen molar-refractivity contribution in [3.63, 3.8) is 0 Å². The highest BCUT2D eigenvalue weighted by atomic mass is 32.1. The van der Waals surface area contributed by atoms with Crippen LogP contribution in [-0.4, -0.2) is 23.4 Å². The number of esters is 1. The van der Waals surface area contributed by atoms with Gasteiger partial charge in [-0.05, 0) is 48.4 Å². The maximum atomic E-state index is 13.3. The fraction of sp³-hybridized carbons (Fsp3) is 0.0909. The van der Waals surface area contributed by atoms with Gasteiger partial charge in [-0.15, -0.1) is 11.3 Å². The van der Waals surface area contributed by atoms with Crippen LogP contribution in [0.25, 0.3) is 17.2 Å². The van der Waals surface area contributed by atoms with Gasteiger partial charge >= 0.3 is 5.97 Å². The zero-order chi connectivity index (χ0) is 22.4. The monoisotopic (exact) mass is 440 g/mol. The summed E-state index contributed by atoms with van der Waals surface area (Å²) in [6, 6.07) is 11.4. The van der Waals surface area contributed by atoms with Crippen molar-refractivity contribution in [1.29, 1.82) is 0 Å². The normalized spacial score (nSPS) is 10.8. The predicted molar refractivity (Wildman–Crippen MR) is 116 cm³/mol. The van der Waals surface area contributed by atoms with Gasteiger partial charge in [-0.25, -0.2) is 9.18 Å². The molecule has 0 bridgehead atoms. The zero-order valence-corrected chi connectivity index (χ0v) is 17.1. The average Bonchev–Trinajstić information content (AvgIpc) is 3.16. The number of carbonyl (C=O) groups is 2. The fourth-order valence-corrected chi connectivity index (χ4v) is 3.69. The topological polar surface area (TPSA) is 98.5 Å². The molecule has 31 heavy (non-hydrogen) atoms. The molecule has 158 valence electrons. The number of hydrogen-bond donors (Lipinski definition) is 1. The number of nitrogens with zero attached hydrogens (tertiary/aromatic N) is 1. The van der Waals surface area contributed by atoms with E-state index in [0.717, 1.165) is 11.3 Å². The number of ether oxygens (including phenoxy) is 1. The first kappa shape index (κ1) is 21.8. The summed E-state index contributed by atoms with van der Waals surface area (Å²) >= 11 is 1.15. The second kappa shape index (κ2) is 9.77. The summed E-state index contributed by atoms with van der Waals surface area (Å²) in [5.74, 6) is -1.49. The number of non-ortho nitro benzene ring substituents is 1. The molecule has 3 aromatic rings. The highest BCUT2D eigenvalue weighted by Gasteiger charge is 2.22. The first-order chi connectivity index (χ1) is 14.9. The number of hydrogen-bond acceptors (Lipinski definition) is 6. The molecule has 0 aliphatic heterocycles. The van der Waals surface area contributed by atoms with Crippen LogP contribution in [0.4, 0.5) is 15.1 Å². The van der Waals surface area contributed by atoms with Crippen molar-refractivity contribution in [3.8, 4) is 11.1 Å². The van der Waals surface area contributed by atoms with Crippen molar-refractivity contribution >= 4 is 40.0 Å². The average molecular weight is 440 g/mol. The Kier molecular flexibility index (Phi) is 6.88. The van der Waals surface area contributed by atoms with E-state index in [2.05, 4.69) is 5.32 Å². The first-order valence-electron chi connectivity index (χ1n) is 9.17. The van der Waals surface area contributed by atoms with Crippen LogP contribution in [0.15, 0.2) is 60.0 Å². The number of amides is 1. The summed E-state index contributed by atoms with van der Waals surface area (Å²) in [5, 5.41) is 15.4. The highest BCUT2D eigenvalue weighted by molar-refractivity contribution is 7.15. The lowest BCUT2D eigenvalue weighted by atomic mass is 10.0. The van der Waals surface area contributed by atoms with Crippen LogP contribution in [0.2, 0.25) is 0 Å². The van der Waals surface area contributed by atoms with Gasteiger partial charge in [-0.2, -0.15) is 0 Å². The molecule has 0 unspecified atom stereocenters. The molecule has 0 saturated carbocycles. The molecule has 0 radical (unpaired) electrons. The minimum absolute atomic E-state index is 0.0485. The molecule has 1 N–H and O–H groups in total. The Labute approximate surface area is 180 Å². The maximum absolute atomic E-state index is 13.3. The van der Waals surface area contributed by atoms with Crippen molar-refractivity contribution in [1.82, 2.24) is 0 Å². The predicted octanol–water partition coefficient (Wildman–Crippen LogP) is 5.29. The Hall–Kier alpha value is -3.85. The molecule has 0 atom stereocenters. The number of carbonyl (C=O) groups excluding carboxylic acids is 2. The number of benzene rings is 2. The number of nitro groups is 1. The summed E-state index contributed by atoms with van der Waals surface area (Å²) in [4.78, 5) is 35.1. The molecule has 1 heterocycles. The number of halogens is 1. The number of nitro benzene ring substituents is 1. The molecule has 2 aromatic carbocycles. The summed E-state index contributed by atoms with van der Waals surface area (Å²) in [7, 11) is 0. The molecular weight excluding hydrogens is 423 g/mol. The van der Waals surface area contributed by atoms with Gasteiger partial charge in [0.05, 0.1) is 11.5 Å². The van der Waals surface area contributed by atoms with Crippen molar-refractivity contribution in [2.45, 2.75) is 6.92 Å². The Morgan fingerprint density at radius 2 is 1.84 bits per heavy atom. The molecule has 0 saturated heterocycles. The Morgan fingerprint density at radius 1 is 1.16 bits per heavy atom. The summed E-state index contributed by atoms with van der Waals surface area (Å²) in [6.07, 6.45) is 2.75. The molecule has 0 fully saturated rings. The second-order valence-corrected chi connectivity index (χ2v) is 7.13. The van der Waals surface area contributed by atoms with Gasteiger partial charge in [-0.1, -0.05) is 12.1 Å². The summed E-state index contributed by atoms with van der Waals surface area (Å²) in [6.45, 7) is 1.83. The van der Waals surface area contributed by atoms with E-state index in [1.807, 2.05) is 0 Å². The molecule has 9 heteroatoms. The van der Waals surface area contributed by atoms with Gasteiger partial charge in [0.25, 0.3) is 5.69 Å². The van der Waals surface area contributed by atoms with E-state index in [9.17, 15) is 24.1 Å². The van der Waals surface area contributed by atoms with E-state index >= 15 is 0 Å². The molecule has 1 amide bonds. The van der Waals surface area contributed by atoms with E-state index in [1.165, 1.54) is 48.6 Å². The molecular formula is C22H17FN2O5S. The van der Waals surface area contributed by atoms with Crippen LogP contribution in [0.1, 0.15) is 22.8 Å². The number of rotatable bonds is 7. The third-order valence-corrected chi connectivity index (χ3v) is 5.09. The van der Waals surface area contributed by atoms with Crippen molar-refractivity contribution in [2.24, 2.45) is 0 Å². The van der Waals surface area contributed by atoms with Crippen LogP contribution >= 0.6 is 11.3 Å². The maximum Gasteiger partial charge on any atom is 0.341 e. The van der Waals surface area contributed by atoms with Crippen molar-refractivity contribution in [3.05, 3.63) is 87.0 Å². The Balaban J connectivity index is 1.82. The molecule has 3 rings (SSSR count). The molecule has 0 spiro atoms. The number of nitrogens with one attached hydrogen (secondary N) is 1. The zero-order valence-electron chi connectivity index (χ0n) is 16.3. The van der Waals surface area contributed by atoms with Crippen LogP contribution in [-0.2, 0) is 9.53 Å². The molecule has 7 nitrogen and oxygen atoms in total. The van der Waals surface area contributed by atoms with E-state index in [4.69, 9.17) is 4.74 Å². The molecule has 0 aliphatic carbocycles. The third-order valence-electron chi connectivity index (χ3n) is 4.19. The van der Waals surface area contributed by atoms with Gasteiger partial charge in [0, 0.05) is 29.2 Å². The lowest BCUT2D eigenvalue weighted by Gasteiger charge is -2.08. The van der Waals surface area contributed by atoms with Crippen molar-refractivity contribution in [2.75, 3.05) is 11.9 Å². The third kappa shape index (κ3) is 5.40. The second-order valence-electron chi connectivity index (χ2n) is 6.25. The van der Waals surface area contributed by atoms with E-state index < -0.39 is 22.6 Å². The minimum Gasteiger partial charge on any atom is -0.462 e. The van der Waals surface area contributed by atoms with Crippen LogP contribution in [0.5, 0.6) is 0 Å². The van der Waals surface area contributed by atoms with Gasteiger partial charge < -0.3 is 10.1 Å². The lowest BCUT2D eigenvalue weighted by Crippen LogP contribution is -2.12. The van der Waals surface area contributed by atoms with Gasteiger partial charge in [-0.3, -0.25) is 14.9 Å². The van der Waals surface area contributed by atoms with Gasteiger partial charge in [0.2, 0.25) is 5.91 Å². The van der Waals surface area contributed by atoms with Crippen LogP contribution in [0.3, 0.4) is 0 Å². The number of thiophene rings is 1. The van der Waals surface area contributed by atoms with E-state index in [0.29, 0.717) is 21.7 Å². The number of anilines is 1. The smallest absolute Gasteiger partial charge is 0.341 e. The lowest BCUT2D eigenvalue weighted by molar-refractivity contribution is -0.384. The standard InChI is InChI=1S/C22H17FN2O5S/c1-2-30-22(27)20-18(15-6-8-16(23)9-7-15)13-31-21(20)24-19(26)12-5-14-3-10-17(11-4-14)25(28)29/h3-13H,2H2,1H3,(H,24,26). The highest BCUT2D eigenvalue weighted by Crippen LogP contribution is 2.36. The van der Waals surface area contributed by atoms with Crippen LogP contribution < -0.4 is 5.32 Å². The molecule has 1 aromatic heterocycles. The Morgan fingerprint density at radius 3 is 2.45 bits per heavy atom. The fourth-order valence-electron chi connectivity index (χ4n) is 2.73. The van der Waals surface area contributed by atoms with Gasteiger partial charge in [0.1, 0.15) is 16.4 Å². The SMILES string of the molecule is CCOC(=O)c1c(-c2ccc(F)cc2)csc1NC(=O)C=Cc1ccc([N+](=O)[O-])cc1. The Bertz CT molecular complexity index is 1140. The minimum atomic E-state index is -0.599. The summed E-state index contributed by atoms with van der Waals surface area (Å²) in [5.41, 5.74) is 1.88. The largest absolute Gasteiger partial charge is 0.462 e. The first-order valence-corrected chi connectivity index (χ1v) is 10.0. The van der Waals surface area contributed by atoms with Crippen molar-refractivity contribution < 1.29 is 23.6 Å². The molecule has 0 aliphatic rings. The quantitative estimate of drug-likeness (QED) is 0.233. The van der Waals surface area contributed by atoms with E-state index in [1.54, 1.807) is 24.4 Å². The van der Waals surface area contributed by atoms with Gasteiger partial charge in [0.15, 0.2) is 0 Å². The van der Waals surface area contributed by atoms with E-state index in [-0.39, 0.29) is 17.9 Å². The summed E-state index contributed by atoms with van der Waals surface area (Å²) < 4.78 is 18.4.